The van der Waals surface area contributed by atoms with Crippen LogP contribution in [0, 0.1) is 0 Å². The summed E-state index contributed by atoms with van der Waals surface area (Å²) in [4.78, 5) is 37.3. The maximum atomic E-state index is 9.32. The van der Waals surface area contributed by atoms with E-state index < -0.39 is 15.6 Å². The SMILES string of the molecule is O.O=P([O-])([O-])OP(=O)([O-])[O-].[Na+]. The molecule has 0 aromatic rings. The Morgan fingerprint density at radius 3 is 1.09 bits per heavy atom. The molecule has 0 aliphatic carbocycles. The van der Waals surface area contributed by atoms with Gasteiger partial charge in [0.25, 0.3) is 0 Å². The van der Waals surface area contributed by atoms with Crippen LogP contribution in [0.15, 0.2) is 0 Å². The summed E-state index contributed by atoms with van der Waals surface area (Å²) in [6.45, 7) is 0. The summed E-state index contributed by atoms with van der Waals surface area (Å²) in [5, 5.41) is 0. The zero-order valence-corrected chi connectivity index (χ0v) is 9.04. The number of hydrogen-bond acceptors (Lipinski definition) is 7. The first-order valence-electron chi connectivity index (χ1n) is 1.46. The Labute approximate surface area is 83.7 Å². The predicted molar refractivity (Wildman–Crippen MR) is 19.9 cm³/mol. The fraction of sp³-hybridized carbons (Fsp3) is 0. The van der Waals surface area contributed by atoms with Gasteiger partial charge in [0.05, 0.1) is 15.6 Å². The van der Waals surface area contributed by atoms with Gasteiger partial charge in [-0.25, -0.2) is 0 Å². The van der Waals surface area contributed by atoms with E-state index in [-0.39, 0.29) is 35.0 Å². The Kier molecular flexibility index (Phi) is 9.53. The molecule has 64 valence electrons. The predicted octanol–water partition coefficient (Wildman–Crippen LogP) is -7.16. The first kappa shape index (κ1) is 18.1. The average Bonchev–Trinajstić information content (AvgIpc) is 1.14. The molecular weight excluding hydrogens is 213 g/mol. The second kappa shape index (κ2) is 5.80. The first-order valence-corrected chi connectivity index (χ1v) is 4.38. The van der Waals surface area contributed by atoms with Crippen molar-refractivity contribution in [2.45, 2.75) is 0 Å². The van der Waals surface area contributed by atoms with E-state index in [9.17, 15) is 28.7 Å². The molecular formula is H2NaO8P2-3. The fourth-order valence-corrected chi connectivity index (χ4v) is 1.10. The summed E-state index contributed by atoms with van der Waals surface area (Å²) in [7, 11) is -11.4. The molecule has 0 saturated carbocycles. The molecule has 0 aromatic carbocycles. The van der Waals surface area contributed by atoms with Crippen molar-refractivity contribution in [2.24, 2.45) is 0 Å². The van der Waals surface area contributed by atoms with Crippen molar-refractivity contribution in [3.63, 3.8) is 0 Å². The fourth-order valence-electron chi connectivity index (χ4n) is 0.122. The molecule has 0 fully saturated rings. The van der Waals surface area contributed by atoms with Crippen LogP contribution in [0.4, 0.5) is 0 Å². The van der Waals surface area contributed by atoms with Crippen LogP contribution >= 0.6 is 15.6 Å². The molecule has 0 bridgehead atoms. The third kappa shape index (κ3) is 18.3. The smallest absolute Gasteiger partial charge is 0.790 e. The van der Waals surface area contributed by atoms with E-state index in [1.807, 2.05) is 0 Å². The number of phosphoric acid groups is 2. The van der Waals surface area contributed by atoms with Gasteiger partial charge in [0.1, 0.15) is 0 Å². The largest absolute Gasteiger partial charge is 1.00 e. The molecule has 0 heterocycles. The number of hydrogen-bond donors (Lipinski definition) is 0. The summed E-state index contributed by atoms with van der Waals surface area (Å²) in [6.07, 6.45) is 0. The zero-order valence-electron chi connectivity index (χ0n) is 5.25. The van der Waals surface area contributed by atoms with Crippen molar-refractivity contribution in [3.05, 3.63) is 0 Å². The Morgan fingerprint density at radius 2 is 1.09 bits per heavy atom. The second-order valence-corrected chi connectivity index (χ2v) is 3.42. The summed E-state index contributed by atoms with van der Waals surface area (Å²) in [5.74, 6) is 0. The summed E-state index contributed by atoms with van der Waals surface area (Å²) >= 11 is 0. The zero-order chi connectivity index (χ0) is 7.71. The van der Waals surface area contributed by atoms with Crippen LogP contribution in [0.3, 0.4) is 0 Å². The summed E-state index contributed by atoms with van der Waals surface area (Å²) < 4.78 is 21.2. The Morgan fingerprint density at radius 1 is 0.909 bits per heavy atom. The van der Waals surface area contributed by atoms with Crippen LogP contribution in [0.1, 0.15) is 0 Å². The van der Waals surface area contributed by atoms with Gasteiger partial charge >= 0.3 is 29.6 Å². The van der Waals surface area contributed by atoms with Crippen molar-refractivity contribution in [3.8, 4) is 0 Å². The molecule has 11 heavy (non-hydrogen) atoms. The van der Waals surface area contributed by atoms with Gasteiger partial charge in [-0.2, -0.15) is 0 Å². The molecule has 0 aliphatic rings. The maximum Gasteiger partial charge on any atom is 1.00 e. The van der Waals surface area contributed by atoms with E-state index in [0.29, 0.717) is 0 Å². The van der Waals surface area contributed by atoms with Crippen molar-refractivity contribution >= 4 is 15.6 Å². The summed E-state index contributed by atoms with van der Waals surface area (Å²) in [6, 6.07) is 0. The van der Waals surface area contributed by atoms with E-state index in [1.54, 1.807) is 0 Å². The maximum absolute atomic E-state index is 9.32. The minimum atomic E-state index is -5.68. The van der Waals surface area contributed by atoms with Gasteiger partial charge in [-0.1, -0.05) is 0 Å². The summed E-state index contributed by atoms with van der Waals surface area (Å²) in [5.41, 5.74) is 0. The van der Waals surface area contributed by atoms with E-state index in [4.69, 9.17) is 0 Å². The third-order valence-corrected chi connectivity index (χ3v) is 1.80. The normalized spacial score (nSPS) is 11.3. The molecule has 8 nitrogen and oxygen atoms in total. The molecule has 11 heteroatoms. The topological polar surface area (TPSA) is 167 Å². The van der Waals surface area contributed by atoms with Gasteiger partial charge in [0.15, 0.2) is 0 Å². The minimum Gasteiger partial charge on any atom is -0.790 e. The van der Waals surface area contributed by atoms with Crippen LogP contribution in [0.2, 0.25) is 0 Å². The molecule has 0 spiro atoms. The Bertz CT molecular complexity index is 153. The standard InChI is InChI=1S/Na.H4O7P2.H2O/c;1-8(2,3)7-9(4,5)6;/h;(H2,1,2,3)(H2,4,5,6);1H2/q+1;;/p-4. The Hall–Kier alpha value is 1.22. The minimum absolute atomic E-state index is 0. The van der Waals surface area contributed by atoms with E-state index >= 15 is 0 Å². The second-order valence-electron chi connectivity index (χ2n) is 0.976. The van der Waals surface area contributed by atoms with Gasteiger partial charge in [0, 0.05) is 0 Å². The number of rotatable bonds is 2. The molecule has 0 saturated heterocycles. The van der Waals surface area contributed by atoms with Gasteiger partial charge < -0.3 is 38.5 Å². The molecule has 0 rings (SSSR count). The molecule has 2 N–H and O–H groups in total. The van der Waals surface area contributed by atoms with Gasteiger partial charge in [-0.15, -0.1) is 0 Å². The average molecular weight is 215 g/mol. The van der Waals surface area contributed by atoms with E-state index in [2.05, 4.69) is 4.31 Å². The van der Waals surface area contributed by atoms with Gasteiger partial charge in [-0.3, -0.25) is 0 Å². The molecule has 0 atom stereocenters. The van der Waals surface area contributed by atoms with Crippen molar-refractivity contribution in [1.29, 1.82) is 0 Å². The van der Waals surface area contributed by atoms with Gasteiger partial charge in [-0.05, 0) is 0 Å². The monoisotopic (exact) mass is 215 g/mol. The van der Waals surface area contributed by atoms with Crippen LogP contribution in [0.25, 0.3) is 0 Å². The molecule has 0 aromatic heterocycles. The molecule has 0 radical (unpaired) electrons. The molecule has 0 aliphatic heterocycles. The van der Waals surface area contributed by atoms with E-state index in [0.717, 1.165) is 0 Å². The quantitative estimate of drug-likeness (QED) is 0.325. The van der Waals surface area contributed by atoms with E-state index in [1.165, 1.54) is 0 Å². The van der Waals surface area contributed by atoms with Crippen molar-refractivity contribution < 1.29 is 68.0 Å². The van der Waals surface area contributed by atoms with Crippen LogP contribution < -0.4 is 49.1 Å². The first-order chi connectivity index (χ1) is 3.71. The van der Waals surface area contributed by atoms with Crippen molar-refractivity contribution in [2.75, 3.05) is 0 Å². The Balaban J connectivity index is -0.000000320. The van der Waals surface area contributed by atoms with Crippen LogP contribution in [-0.4, -0.2) is 5.48 Å². The molecule has 0 amide bonds. The van der Waals surface area contributed by atoms with Crippen LogP contribution in [0.5, 0.6) is 0 Å². The third-order valence-electron chi connectivity index (χ3n) is 0.200. The van der Waals surface area contributed by atoms with Crippen molar-refractivity contribution in [1.82, 2.24) is 0 Å². The molecule has 0 unspecified atom stereocenters. The van der Waals surface area contributed by atoms with Crippen LogP contribution in [-0.2, 0) is 13.4 Å². The van der Waals surface area contributed by atoms with Gasteiger partial charge in [0.2, 0.25) is 0 Å².